The van der Waals surface area contributed by atoms with E-state index in [0.29, 0.717) is 6.04 Å². The van der Waals surface area contributed by atoms with Crippen molar-refractivity contribution < 1.29 is 0 Å². The zero-order valence-electron chi connectivity index (χ0n) is 7.70. The molecule has 70 valence electrons. The Morgan fingerprint density at radius 3 is 2.92 bits per heavy atom. The molecule has 1 saturated heterocycles. The summed E-state index contributed by atoms with van der Waals surface area (Å²) in [6.07, 6.45) is 4.44. The molecular weight excluding hydrogens is 228 g/mol. The molecule has 0 bridgehead atoms. The Balaban J connectivity index is 2.20. The molecule has 0 saturated carbocycles. The molecule has 0 aromatic carbocycles. The van der Waals surface area contributed by atoms with E-state index < -0.39 is 0 Å². The van der Waals surface area contributed by atoms with Gasteiger partial charge in [-0.15, -0.1) is 0 Å². The van der Waals surface area contributed by atoms with Gasteiger partial charge in [0.05, 0.1) is 0 Å². The van der Waals surface area contributed by atoms with Crippen molar-refractivity contribution in [2.24, 2.45) is 0 Å². The predicted octanol–water partition coefficient (Wildman–Crippen LogP) is 2.83. The Morgan fingerprint density at radius 2 is 2.38 bits per heavy atom. The van der Waals surface area contributed by atoms with Crippen LogP contribution in [0.4, 0.5) is 5.82 Å². The van der Waals surface area contributed by atoms with Crippen LogP contribution < -0.4 is 4.90 Å². The van der Waals surface area contributed by atoms with Gasteiger partial charge in [0.15, 0.2) is 0 Å². The molecule has 1 aliphatic heterocycles. The minimum atomic E-state index is 0.647. The Hall–Kier alpha value is -0.570. The molecule has 1 aromatic rings. The van der Waals surface area contributed by atoms with Crippen molar-refractivity contribution >= 4 is 21.7 Å². The fraction of sp³-hybridized carbons (Fsp3) is 0.500. The average molecular weight is 241 g/mol. The van der Waals surface area contributed by atoms with Gasteiger partial charge in [-0.1, -0.05) is 0 Å². The van der Waals surface area contributed by atoms with Crippen molar-refractivity contribution in [1.29, 1.82) is 0 Å². The Bertz CT molecular complexity index is 283. The number of pyridine rings is 1. The molecule has 2 rings (SSSR count). The molecule has 1 aliphatic rings. The van der Waals surface area contributed by atoms with E-state index in [1.54, 1.807) is 0 Å². The highest BCUT2D eigenvalue weighted by Crippen LogP contribution is 2.23. The smallest absolute Gasteiger partial charge is 0.128 e. The molecule has 1 atom stereocenters. The lowest BCUT2D eigenvalue weighted by atomic mass is 10.2. The maximum absolute atomic E-state index is 4.39. The summed E-state index contributed by atoms with van der Waals surface area (Å²) >= 11 is 3.39. The molecule has 0 spiro atoms. The van der Waals surface area contributed by atoms with Crippen molar-refractivity contribution in [3.8, 4) is 0 Å². The van der Waals surface area contributed by atoms with E-state index in [0.717, 1.165) is 16.8 Å². The van der Waals surface area contributed by atoms with Gasteiger partial charge in [-0.25, -0.2) is 4.98 Å². The molecule has 1 aromatic heterocycles. The third-order valence-corrected chi connectivity index (χ3v) is 3.03. The first-order chi connectivity index (χ1) is 6.27. The van der Waals surface area contributed by atoms with Gasteiger partial charge in [-0.2, -0.15) is 0 Å². The van der Waals surface area contributed by atoms with Crippen LogP contribution in [0.25, 0.3) is 0 Å². The molecule has 0 aliphatic carbocycles. The van der Waals surface area contributed by atoms with E-state index in [-0.39, 0.29) is 0 Å². The van der Waals surface area contributed by atoms with E-state index in [9.17, 15) is 0 Å². The summed E-state index contributed by atoms with van der Waals surface area (Å²) in [6.45, 7) is 3.41. The second-order valence-electron chi connectivity index (χ2n) is 3.52. The van der Waals surface area contributed by atoms with E-state index in [2.05, 4.69) is 38.8 Å². The Morgan fingerprint density at radius 1 is 1.54 bits per heavy atom. The quantitative estimate of drug-likeness (QED) is 0.751. The zero-order chi connectivity index (χ0) is 9.26. The van der Waals surface area contributed by atoms with Crippen LogP contribution in [0.1, 0.15) is 19.8 Å². The maximum atomic E-state index is 4.39. The van der Waals surface area contributed by atoms with Gasteiger partial charge in [-0.3, -0.25) is 0 Å². The summed E-state index contributed by atoms with van der Waals surface area (Å²) in [5.74, 6) is 1.10. The van der Waals surface area contributed by atoms with Crippen molar-refractivity contribution in [2.75, 3.05) is 11.4 Å². The average Bonchev–Trinajstić information content (AvgIpc) is 2.53. The van der Waals surface area contributed by atoms with Crippen LogP contribution in [0.3, 0.4) is 0 Å². The largest absolute Gasteiger partial charge is 0.354 e. The number of anilines is 1. The van der Waals surface area contributed by atoms with Crippen LogP contribution >= 0.6 is 15.9 Å². The van der Waals surface area contributed by atoms with Crippen LogP contribution in [0.2, 0.25) is 0 Å². The highest BCUT2D eigenvalue weighted by molar-refractivity contribution is 9.10. The lowest BCUT2D eigenvalue weighted by Gasteiger charge is -2.22. The molecule has 0 unspecified atom stereocenters. The molecule has 0 amide bonds. The van der Waals surface area contributed by atoms with Crippen molar-refractivity contribution in [2.45, 2.75) is 25.8 Å². The first kappa shape index (κ1) is 9.00. The molecule has 13 heavy (non-hydrogen) atoms. The second-order valence-corrected chi connectivity index (χ2v) is 4.43. The van der Waals surface area contributed by atoms with Gasteiger partial charge < -0.3 is 4.90 Å². The van der Waals surface area contributed by atoms with Gasteiger partial charge in [0.1, 0.15) is 5.82 Å². The summed E-state index contributed by atoms with van der Waals surface area (Å²) in [7, 11) is 0. The van der Waals surface area contributed by atoms with Gasteiger partial charge in [0.2, 0.25) is 0 Å². The van der Waals surface area contributed by atoms with Crippen LogP contribution in [-0.2, 0) is 0 Å². The Kier molecular flexibility index (Phi) is 2.54. The highest BCUT2D eigenvalue weighted by Gasteiger charge is 2.20. The number of nitrogens with zero attached hydrogens (tertiary/aromatic N) is 2. The molecule has 1 fully saturated rings. The highest BCUT2D eigenvalue weighted by atomic mass is 79.9. The molecule has 2 heterocycles. The standard InChI is InChI=1S/C10H13BrN2/c1-8-3-2-6-13(8)10-5-4-9(11)7-12-10/h4-5,7-8H,2-3,6H2,1H3/t8-/m0/s1. The van der Waals surface area contributed by atoms with Gasteiger partial charge in [0.25, 0.3) is 0 Å². The topological polar surface area (TPSA) is 16.1 Å². The molecular formula is C10H13BrN2. The summed E-state index contributed by atoms with van der Waals surface area (Å²) in [5.41, 5.74) is 0. The minimum absolute atomic E-state index is 0.647. The number of halogens is 1. The van der Waals surface area contributed by atoms with Crippen LogP contribution in [-0.4, -0.2) is 17.6 Å². The van der Waals surface area contributed by atoms with Gasteiger partial charge in [-0.05, 0) is 47.8 Å². The fourth-order valence-electron chi connectivity index (χ4n) is 1.81. The first-order valence-corrected chi connectivity index (χ1v) is 5.45. The lowest BCUT2D eigenvalue weighted by Crippen LogP contribution is -2.26. The normalized spacial score (nSPS) is 22.3. The molecule has 3 heteroatoms. The van der Waals surface area contributed by atoms with Crippen molar-refractivity contribution in [1.82, 2.24) is 4.98 Å². The van der Waals surface area contributed by atoms with E-state index in [4.69, 9.17) is 0 Å². The fourth-order valence-corrected chi connectivity index (χ4v) is 2.05. The minimum Gasteiger partial charge on any atom is -0.354 e. The van der Waals surface area contributed by atoms with E-state index in [1.807, 2.05) is 12.3 Å². The Labute approximate surface area is 87.1 Å². The lowest BCUT2D eigenvalue weighted by molar-refractivity contribution is 0.727. The summed E-state index contributed by atoms with van der Waals surface area (Å²) in [4.78, 5) is 6.76. The number of hydrogen-bond donors (Lipinski definition) is 0. The third-order valence-electron chi connectivity index (χ3n) is 2.56. The van der Waals surface area contributed by atoms with Crippen LogP contribution in [0.15, 0.2) is 22.8 Å². The van der Waals surface area contributed by atoms with E-state index in [1.165, 1.54) is 12.8 Å². The van der Waals surface area contributed by atoms with Crippen molar-refractivity contribution in [3.05, 3.63) is 22.8 Å². The number of aromatic nitrogens is 1. The molecule has 2 nitrogen and oxygen atoms in total. The summed E-state index contributed by atoms with van der Waals surface area (Å²) in [5, 5.41) is 0. The van der Waals surface area contributed by atoms with Gasteiger partial charge in [0, 0.05) is 23.3 Å². The number of hydrogen-bond acceptors (Lipinski definition) is 2. The molecule has 0 radical (unpaired) electrons. The maximum Gasteiger partial charge on any atom is 0.128 e. The van der Waals surface area contributed by atoms with Gasteiger partial charge >= 0.3 is 0 Å². The monoisotopic (exact) mass is 240 g/mol. The number of rotatable bonds is 1. The first-order valence-electron chi connectivity index (χ1n) is 4.65. The predicted molar refractivity (Wildman–Crippen MR) is 58.0 cm³/mol. The van der Waals surface area contributed by atoms with Crippen LogP contribution in [0, 0.1) is 0 Å². The third kappa shape index (κ3) is 1.85. The second kappa shape index (κ2) is 3.66. The summed E-state index contributed by atoms with van der Waals surface area (Å²) in [6, 6.07) is 4.77. The van der Waals surface area contributed by atoms with Crippen molar-refractivity contribution in [3.63, 3.8) is 0 Å². The van der Waals surface area contributed by atoms with E-state index >= 15 is 0 Å². The SMILES string of the molecule is C[C@H]1CCCN1c1ccc(Br)cn1. The molecule has 0 N–H and O–H groups in total. The zero-order valence-corrected chi connectivity index (χ0v) is 9.29. The van der Waals surface area contributed by atoms with Crippen LogP contribution in [0.5, 0.6) is 0 Å². The summed E-state index contributed by atoms with van der Waals surface area (Å²) < 4.78 is 1.04.